The Kier molecular flexibility index (Phi) is 6.81. The maximum absolute atomic E-state index is 12.7. The number of carbonyl (C=O) groups excluding carboxylic acids is 2. The molecule has 1 N–H and O–H groups in total. The van der Waals surface area contributed by atoms with Gasteiger partial charge in [-0.25, -0.2) is 4.79 Å². The van der Waals surface area contributed by atoms with Gasteiger partial charge in [0.25, 0.3) is 0 Å². The van der Waals surface area contributed by atoms with Crippen LogP contribution in [-0.2, 0) is 14.3 Å². The molecule has 0 aromatic carbocycles. The van der Waals surface area contributed by atoms with E-state index in [1.807, 2.05) is 41.7 Å². The van der Waals surface area contributed by atoms with Crippen LogP contribution >= 0.6 is 0 Å². The molecule has 0 spiro atoms. The van der Waals surface area contributed by atoms with Crippen molar-refractivity contribution in [1.82, 2.24) is 10.2 Å². The van der Waals surface area contributed by atoms with E-state index < -0.39 is 5.41 Å². The van der Waals surface area contributed by atoms with Crippen LogP contribution in [0.25, 0.3) is 0 Å². The van der Waals surface area contributed by atoms with Gasteiger partial charge >= 0.3 is 5.97 Å². The first kappa shape index (κ1) is 19.7. The molecule has 0 radical (unpaired) electrons. The molecule has 1 aliphatic heterocycles. The van der Waals surface area contributed by atoms with E-state index in [-0.39, 0.29) is 23.7 Å². The number of nitrogens with one attached hydrogen (secondary N) is 1. The fourth-order valence-electron chi connectivity index (χ4n) is 2.65. The van der Waals surface area contributed by atoms with Crippen LogP contribution in [0.3, 0.4) is 0 Å². The van der Waals surface area contributed by atoms with Gasteiger partial charge in [-0.05, 0) is 19.9 Å². The Labute approximate surface area is 140 Å². The van der Waals surface area contributed by atoms with Crippen LogP contribution in [0.4, 0.5) is 0 Å². The predicted molar refractivity (Wildman–Crippen MR) is 92.0 cm³/mol. The molecule has 0 aliphatic carbocycles. The van der Waals surface area contributed by atoms with Gasteiger partial charge in [-0.2, -0.15) is 0 Å². The molecule has 0 saturated carbocycles. The van der Waals surface area contributed by atoms with Gasteiger partial charge < -0.3 is 15.0 Å². The Morgan fingerprint density at radius 2 is 1.91 bits per heavy atom. The van der Waals surface area contributed by atoms with Crippen LogP contribution in [0.1, 0.15) is 48.0 Å². The molecule has 1 heterocycles. The highest BCUT2D eigenvalue weighted by molar-refractivity contribution is 5.91. The quantitative estimate of drug-likeness (QED) is 0.760. The lowest BCUT2D eigenvalue weighted by atomic mass is 9.82. The molecule has 0 bridgehead atoms. The smallest absolute Gasteiger partial charge is 0.337 e. The Morgan fingerprint density at radius 1 is 1.30 bits per heavy atom. The van der Waals surface area contributed by atoms with Gasteiger partial charge in [-0.15, -0.1) is 0 Å². The van der Waals surface area contributed by atoms with E-state index in [1.165, 1.54) is 0 Å². The monoisotopic (exact) mass is 324 g/mol. The Morgan fingerprint density at radius 3 is 2.39 bits per heavy atom. The van der Waals surface area contributed by atoms with Crippen LogP contribution in [0.5, 0.6) is 0 Å². The molecule has 0 aromatic rings. The highest BCUT2D eigenvalue weighted by Gasteiger charge is 2.33. The minimum Gasteiger partial charge on any atom is -0.463 e. The Balaban J connectivity index is 3.09. The predicted octanol–water partition coefficient (Wildman–Crippen LogP) is 2.37. The molecular weight excluding hydrogens is 292 g/mol. The minimum atomic E-state index is -0.419. The molecule has 0 unspecified atom stereocenters. The average molecular weight is 324 g/mol. The molecule has 1 aliphatic rings. The zero-order valence-corrected chi connectivity index (χ0v) is 15.7. The van der Waals surface area contributed by atoms with E-state index in [9.17, 15) is 9.59 Å². The van der Waals surface area contributed by atoms with Crippen molar-refractivity contribution in [3.63, 3.8) is 0 Å². The molecule has 5 heteroatoms. The van der Waals surface area contributed by atoms with E-state index in [1.54, 1.807) is 6.92 Å². The minimum absolute atomic E-state index is 0.150. The summed E-state index contributed by atoms with van der Waals surface area (Å²) in [7, 11) is 1.98. The van der Waals surface area contributed by atoms with Crippen molar-refractivity contribution in [2.45, 2.75) is 54.0 Å². The molecule has 23 heavy (non-hydrogen) atoms. The summed E-state index contributed by atoms with van der Waals surface area (Å²) >= 11 is 0. The third-order valence-electron chi connectivity index (χ3n) is 4.08. The fraction of sp³-hybridized carbons (Fsp3) is 0.778. The lowest BCUT2D eigenvalue weighted by Gasteiger charge is -2.33. The first-order valence-electron chi connectivity index (χ1n) is 8.46. The van der Waals surface area contributed by atoms with Gasteiger partial charge in [0.15, 0.2) is 5.78 Å². The summed E-state index contributed by atoms with van der Waals surface area (Å²) in [6.45, 7) is 13.4. The number of likely N-dealkylation sites (N-methyl/N-ethyl adjacent to an activating group) is 1. The van der Waals surface area contributed by atoms with E-state index in [2.05, 4.69) is 10.2 Å². The van der Waals surface area contributed by atoms with Crippen molar-refractivity contribution in [2.75, 3.05) is 26.7 Å². The van der Waals surface area contributed by atoms with Crippen molar-refractivity contribution >= 4 is 11.8 Å². The first-order chi connectivity index (χ1) is 10.6. The van der Waals surface area contributed by atoms with Crippen LogP contribution < -0.4 is 5.32 Å². The Hall–Kier alpha value is -1.36. The largest absolute Gasteiger partial charge is 0.463 e. The summed E-state index contributed by atoms with van der Waals surface area (Å²) in [6, 6.07) is -0.294. The number of carbonyl (C=O) groups is 2. The van der Waals surface area contributed by atoms with Crippen LogP contribution in [0, 0.1) is 11.3 Å². The van der Waals surface area contributed by atoms with Crippen LogP contribution in [0.2, 0.25) is 0 Å². The van der Waals surface area contributed by atoms with Gasteiger partial charge in [-0.1, -0.05) is 34.6 Å². The molecule has 132 valence electrons. The number of hydrogen-bond donors (Lipinski definition) is 1. The van der Waals surface area contributed by atoms with Crippen molar-refractivity contribution in [1.29, 1.82) is 0 Å². The second-order valence-electron chi connectivity index (χ2n) is 7.65. The zero-order chi connectivity index (χ0) is 17.8. The molecule has 0 saturated heterocycles. The molecule has 1 rings (SSSR count). The average Bonchev–Trinajstić information content (AvgIpc) is 2.44. The molecular formula is C18H32N2O3. The normalized spacial score (nSPS) is 18.1. The molecule has 0 fully saturated rings. The number of ether oxygens (including phenoxy) is 1. The Bertz CT molecular complexity index is 475. The number of Topliss-reactive ketones (excluding diaryl/α,β-unsaturated/α-hetero) is 1. The SMILES string of the molecule is CCOC(=O)C1=C(N[C@@H](C(=O)C(C)(C)C)C(C)C)CCN(C)C1. The number of ketones is 1. The fourth-order valence-corrected chi connectivity index (χ4v) is 2.65. The van der Waals surface area contributed by atoms with Gasteiger partial charge in [0.05, 0.1) is 18.2 Å². The molecule has 0 aromatic heterocycles. The summed E-state index contributed by atoms with van der Waals surface area (Å²) in [5.74, 6) is 0.0340. The summed E-state index contributed by atoms with van der Waals surface area (Å²) in [4.78, 5) is 27.1. The molecule has 1 atom stereocenters. The van der Waals surface area contributed by atoms with Crippen LogP contribution in [0.15, 0.2) is 11.3 Å². The third kappa shape index (κ3) is 5.34. The highest BCUT2D eigenvalue weighted by atomic mass is 16.5. The summed E-state index contributed by atoms with van der Waals surface area (Å²) < 4.78 is 5.18. The molecule has 5 nitrogen and oxygen atoms in total. The maximum Gasteiger partial charge on any atom is 0.337 e. The topological polar surface area (TPSA) is 58.6 Å². The van der Waals surface area contributed by atoms with Crippen molar-refractivity contribution in [2.24, 2.45) is 11.3 Å². The van der Waals surface area contributed by atoms with E-state index >= 15 is 0 Å². The van der Waals surface area contributed by atoms with Gasteiger partial charge in [0, 0.05) is 30.6 Å². The second-order valence-corrected chi connectivity index (χ2v) is 7.65. The lowest BCUT2D eigenvalue weighted by molar-refractivity contribution is -0.139. The van der Waals surface area contributed by atoms with Gasteiger partial charge in [0.1, 0.15) is 0 Å². The maximum atomic E-state index is 12.7. The highest BCUT2D eigenvalue weighted by Crippen LogP contribution is 2.24. The summed E-state index contributed by atoms with van der Waals surface area (Å²) in [6.07, 6.45) is 0.727. The number of hydrogen-bond acceptors (Lipinski definition) is 5. The van der Waals surface area contributed by atoms with Crippen molar-refractivity contribution in [3.8, 4) is 0 Å². The van der Waals surface area contributed by atoms with Crippen molar-refractivity contribution in [3.05, 3.63) is 11.3 Å². The lowest BCUT2D eigenvalue weighted by Crippen LogP contribution is -2.48. The number of rotatable bonds is 6. The zero-order valence-electron chi connectivity index (χ0n) is 15.7. The van der Waals surface area contributed by atoms with E-state index in [0.717, 1.165) is 18.7 Å². The van der Waals surface area contributed by atoms with Gasteiger partial charge in [0.2, 0.25) is 0 Å². The van der Waals surface area contributed by atoms with E-state index in [0.29, 0.717) is 18.7 Å². The first-order valence-corrected chi connectivity index (χ1v) is 8.46. The van der Waals surface area contributed by atoms with E-state index in [4.69, 9.17) is 4.74 Å². The second kappa shape index (κ2) is 7.95. The van der Waals surface area contributed by atoms with Crippen LogP contribution in [-0.4, -0.2) is 49.4 Å². The third-order valence-corrected chi connectivity index (χ3v) is 4.08. The molecule has 0 amide bonds. The standard InChI is InChI=1S/C18H32N2O3/c1-8-23-17(22)13-11-20(7)10-9-14(13)19-15(12(2)3)16(21)18(4,5)6/h12,15,19H,8-11H2,1-7H3/t15-/m1/s1. The van der Waals surface area contributed by atoms with Gasteiger partial charge in [-0.3, -0.25) is 4.79 Å². The summed E-state index contributed by atoms with van der Waals surface area (Å²) in [5, 5.41) is 3.37. The number of esters is 1. The number of nitrogens with zero attached hydrogens (tertiary/aromatic N) is 1. The van der Waals surface area contributed by atoms with Crippen molar-refractivity contribution < 1.29 is 14.3 Å². The summed E-state index contributed by atoms with van der Waals surface area (Å²) in [5.41, 5.74) is 1.09.